The molecule has 92 valence electrons. The molecule has 2 heterocycles. The Balaban J connectivity index is 2.67. The van der Waals surface area contributed by atoms with Gasteiger partial charge in [0.2, 0.25) is 0 Å². The Hall–Kier alpha value is -1.38. The number of nitrogens with zero attached hydrogens (tertiary/aromatic N) is 2. The fraction of sp³-hybridized carbons (Fsp3) is 0.571. The van der Waals surface area contributed by atoms with Crippen LogP contribution in [-0.4, -0.2) is 15.0 Å². The van der Waals surface area contributed by atoms with Crippen LogP contribution in [0.1, 0.15) is 52.9 Å². The molecule has 17 heavy (non-hydrogen) atoms. The fourth-order valence-electron chi connectivity index (χ4n) is 1.84. The van der Waals surface area contributed by atoms with E-state index in [0.717, 1.165) is 16.9 Å². The zero-order valence-electron chi connectivity index (χ0n) is 11.5. The molecular weight excluding hydrogens is 210 g/mol. The number of aromatic amines is 1. The lowest BCUT2D eigenvalue weighted by Gasteiger charge is -2.19. The number of hydrogen-bond donors (Lipinski definition) is 1. The first-order valence-corrected chi connectivity index (χ1v) is 6.05. The van der Waals surface area contributed by atoms with E-state index in [2.05, 4.69) is 51.5 Å². The average molecular weight is 231 g/mol. The van der Waals surface area contributed by atoms with Crippen molar-refractivity contribution >= 4 is 11.0 Å². The highest BCUT2D eigenvalue weighted by molar-refractivity contribution is 5.79. The molecule has 0 atom stereocenters. The van der Waals surface area contributed by atoms with Crippen molar-refractivity contribution in [1.29, 1.82) is 0 Å². The van der Waals surface area contributed by atoms with Crippen molar-refractivity contribution in [2.45, 2.75) is 52.4 Å². The van der Waals surface area contributed by atoms with Gasteiger partial charge in [0.05, 0.1) is 17.2 Å². The van der Waals surface area contributed by atoms with Crippen LogP contribution in [0.4, 0.5) is 0 Å². The molecule has 0 aromatic carbocycles. The first kappa shape index (κ1) is 12.1. The minimum Gasteiger partial charge on any atom is -0.358 e. The third kappa shape index (κ3) is 2.19. The van der Waals surface area contributed by atoms with Gasteiger partial charge >= 0.3 is 0 Å². The Bertz CT molecular complexity index is 539. The van der Waals surface area contributed by atoms with Crippen LogP contribution in [0.15, 0.2) is 12.4 Å². The van der Waals surface area contributed by atoms with Gasteiger partial charge in [-0.3, -0.25) is 0 Å². The lowest BCUT2D eigenvalue weighted by atomic mass is 9.88. The van der Waals surface area contributed by atoms with Gasteiger partial charge in [-0.25, -0.2) is 9.97 Å². The highest BCUT2D eigenvalue weighted by atomic mass is 14.9. The Morgan fingerprint density at radius 3 is 2.18 bits per heavy atom. The van der Waals surface area contributed by atoms with Crippen LogP contribution in [0.5, 0.6) is 0 Å². The van der Waals surface area contributed by atoms with Crippen LogP contribution in [0, 0.1) is 0 Å². The molecule has 0 saturated heterocycles. The topological polar surface area (TPSA) is 41.6 Å². The van der Waals surface area contributed by atoms with Crippen molar-refractivity contribution in [3.05, 3.63) is 23.8 Å². The van der Waals surface area contributed by atoms with Crippen LogP contribution >= 0.6 is 0 Å². The molecule has 0 spiro atoms. The van der Waals surface area contributed by atoms with Crippen molar-refractivity contribution < 1.29 is 0 Å². The summed E-state index contributed by atoms with van der Waals surface area (Å²) in [6.07, 6.45) is 3.93. The molecule has 3 heteroatoms. The van der Waals surface area contributed by atoms with Crippen molar-refractivity contribution in [3.63, 3.8) is 0 Å². The maximum atomic E-state index is 4.73. The minimum absolute atomic E-state index is 0.0133. The van der Waals surface area contributed by atoms with E-state index in [4.69, 9.17) is 4.98 Å². The average Bonchev–Trinajstić information content (AvgIpc) is 2.57. The van der Waals surface area contributed by atoms with Crippen LogP contribution in [0.3, 0.4) is 0 Å². The van der Waals surface area contributed by atoms with E-state index in [-0.39, 0.29) is 10.8 Å². The predicted octanol–water partition coefficient (Wildman–Crippen LogP) is 3.55. The Labute approximate surface area is 103 Å². The first-order chi connectivity index (χ1) is 7.69. The van der Waals surface area contributed by atoms with Crippen molar-refractivity contribution in [2.75, 3.05) is 0 Å². The largest absolute Gasteiger partial charge is 0.358 e. The molecule has 3 nitrogen and oxygen atoms in total. The lowest BCUT2D eigenvalue weighted by molar-refractivity contribution is 0.546. The van der Waals surface area contributed by atoms with Crippen molar-refractivity contribution in [2.24, 2.45) is 0 Å². The lowest BCUT2D eigenvalue weighted by Crippen LogP contribution is -2.17. The molecule has 2 aromatic heterocycles. The minimum atomic E-state index is -0.0133. The summed E-state index contributed by atoms with van der Waals surface area (Å²) in [5.41, 5.74) is 3.41. The van der Waals surface area contributed by atoms with E-state index >= 15 is 0 Å². The summed E-state index contributed by atoms with van der Waals surface area (Å²) in [7, 11) is 0. The second kappa shape index (κ2) is 3.56. The first-order valence-electron chi connectivity index (χ1n) is 6.05. The van der Waals surface area contributed by atoms with Gasteiger partial charge < -0.3 is 4.98 Å². The van der Waals surface area contributed by atoms with E-state index in [1.165, 1.54) is 5.56 Å². The van der Waals surface area contributed by atoms with Gasteiger partial charge in [-0.1, -0.05) is 41.5 Å². The monoisotopic (exact) mass is 231 g/mol. The molecule has 2 aromatic rings. The van der Waals surface area contributed by atoms with Crippen LogP contribution in [-0.2, 0) is 10.8 Å². The second-order valence-electron chi connectivity index (χ2n) is 6.66. The molecule has 0 amide bonds. The fourth-order valence-corrected chi connectivity index (χ4v) is 1.84. The summed E-state index contributed by atoms with van der Waals surface area (Å²) in [5, 5.41) is 0. The normalized spacial score (nSPS) is 13.3. The highest BCUT2D eigenvalue weighted by Crippen LogP contribution is 2.29. The van der Waals surface area contributed by atoms with E-state index in [1.54, 1.807) is 0 Å². The number of fused-ring (bicyclic) bond motifs is 1. The van der Waals surface area contributed by atoms with Gasteiger partial charge in [0.15, 0.2) is 0 Å². The molecule has 0 saturated carbocycles. The maximum absolute atomic E-state index is 4.73. The van der Waals surface area contributed by atoms with Gasteiger partial charge in [0.25, 0.3) is 0 Å². The quantitative estimate of drug-likeness (QED) is 0.753. The molecular formula is C14H21N3. The van der Waals surface area contributed by atoms with E-state index in [1.807, 2.05) is 12.4 Å². The number of rotatable bonds is 0. The highest BCUT2D eigenvalue weighted by Gasteiger charge is 2.22. The molecule has 0 fully saturated rings. The third-order valence-electron chi connectivity index (χ3n) is 2.89. The Morgan fingerprint density at radius 2 is 1.65 bits per heavy atom. The molecule has 0 aliphatic rings. The predicted molar refractivity (Wildman–Crippen MR) is 71.3 cm³/mol. The molecule has 1 N–H and O–H groups in total. The number of H-pyrrole nitrogens is 1. The summed E-state index contributed by atoms with van der Waals surface area (Å²) < 4.78 is 0. The summed E-state index contributed by atoms with van der Waals surface area (Å²) in [6.45, 7) is 13.0. The summed E-state index contributed by atoms with van der Waals surface area (Å²) in [6, 6.07) is 0. The Kier molecular flexibility index (Phi) is 2.53. The smallest absolute Gasteiger partial charge is 0.134 e. The van der Waals surface area contributed by atoms with E-state index in [0.29, 0.717) is 0 Å². The molecule has 0 unspecified atom stereocenters. The SMILES string of the molecule is CC(C)(C)c1ncc2[nH]cc(C(C)(C)C)c2n1. The number of aromatic nitrogens is 3. The van der Waals surface area contributed by atoms with Gasteiger partial charge in [-0.2, -0.15) is 0 Å². The van der Waals surface area contributed by atoms with Gasteiger partial charge in [0.1, 0.15) is 5.82 Å². The zero-order valence-corrected chi connectivity index (χ0v) is 11.5. The summed E-state index contributed by atoms with van der Waals surface area (Å²) in [4.78, 5) is 12.4. The zero-order chi connectivity index (χ0) is 12.8. The Morgan fingerprint density at radius 1 is 1.00 bits per heavy atom. The summed E-state index contributed by atoms with van der Waals surface area (Å²) in [5.74, 6) is 0.898. The molecule has 0 bridgehead atoms. The molecule has 2 rings (SSSR count). The number of hydrogen-bond acceptors (Lipinski definition) is 2. The maximum Gasteiger partial charge on any atom is 0.134 e. The van der Waals surface area contributed by atoms with Crippen LogP contribution in [0.25, 0.3) is 11.0 Å². The van der Waals surface area contributed by atoms with Gasteiger partial charge in [-0.15, -0.1) is 0 Å². The standard InChI is InChI=1S/C14H21N3/c1-13(2,3)9-7-15-10-8-16-12(14(4,5)6)17-11(9)10/h7-8,15H,1-6H3. The summed E-state index contributed by atoms with van der Waals surface area (Å²) >= 11 is 0. The van der Waals surface area contributed by atoms with E-state index in [9.17, 15) is 0 Å². The van der Waals surface area contributed by atoms with Crippen molar-refractivity contribution in [1.82, 2.24) is 15.0 Å². The molecule has 0 radical (unpaired) electrons. The van der Waals surface area contributed by atoms with Gasteiger partial charge in [-0.05, 0) is 5.41 Å². The number of nitrogens with one attached hydrogen (secondary N) is 1. The molecule has 0 aliphatic heterocycles. The van der Waals surface area contributed by atoms with Crippen molar-refractivity contribution in [3.8, 4) is 0 Å². The van der Waals surface area contributed by atoms with Crippen LogP contribution in [0.2, 0.25) is 0 Å². The molecule has 0 aliphatic carbocycles. The van der Waals surface area contributed by atoms with E-state index < -0.39 is 0 Å². The third-order valence-corrected chi connectivity index (χ3v) is 2.89. The van der Waals surface area contributed by atoms with Gasteiger partial charge in [0, 0.05) is 17.2 Å². The second-order valence-corrected chi connectivity index (χ2v) is 6.66. The van der Waals surface area contributed by atoms with Crippen LogP contribution < -0.4 is 0 Å².